The molecule has 0 saturated carbocycles. The van der Waals surface area contributed by atoms with E-state index in [4.69, 9.17) is 11.6 Å². The van der Waals surface area contributed by atoms with E-state index in [1.165, 1.54) is 4.88 Å². The van der Waals surface area contributed by atoms with Gasteiger partial charge in [-0.1, -0.05) is 12.1 Å². The van der Waals surface area contributed by atoms with Crippen LogP contribution in [-0.4, -0.2) is 4.98 Å². The molecule has 0 aliphatic carbocycles. The lowest BCUT2D eigenvalue weighted by Gasteiger charge is -2.04. The van der Waals surface area contributed by atoms with Crippen molar-refractivity contribution in [2.24, 2.45) is 0 Å². The first-order valence-electron chi connectivity index (χ1n) is 4.64. The van der Waals surface area contributed by atoms with E-state index < -0.39 is 0 Å². The lowest BCUT2D eigenvalue weighted by Crippen LogP contribution is -1.97. The van der Waals surface area contributed by atoms with Crippen molar-refractivity contribution in [2.75, 3.05) is 5.32 Å². The Hall–Kier alpha value is -1.06. The third-order valence-corrected chi connectivity index (χ3v) is 3.15. The van der Waals surface area contributed by atoms with Crippen LogP contribution in [0.4, 0.5) is 5.69 Å². The van der Waals surface area contributed by atoms with Gasteiger partial charge in [0.15, 0.2) is 0 Å². The van der Waals surface area contributed by atoms with E-state index in [9.17, 15) is 0 Å². The van der Waals surface area contributed by atoms with Gasteiger partial charge in [0.05, 0.1) is 12.1 Å². The molecule has 0 aliphatic rings. The highest BCUT2D eigenvalue weighted by Crippen LogP contribution is 2.13. The number of benzene rings is 1. The van der Waals surface area contributed by atoms with E-state index in [1.807, 2.05) is 36.0 Å². The number of nitrogens with one attached hydrogen (secondary N) is 1. The number of thiazole rings is 1. The molecule has 2 rings (SSSR count). The number of halogens is 1. The number of anilines is 1. The van der Waals surface area contributed by atoms with Crippen LogP contribution in [0, 0.1) is 0 Å². The predicted molar refractivity (Wildman–Crippen MR) is 65.4 cm³/mol. The average Bonchev–Trinajstić information content (AvgIpc) is 2.80. The van der Waals surface area contributed by atoms with Crippen molar-refractivity contribution in [2.45, 2.75) is 12.4 Å². The first-order valence-corrected chi connectivity index (χ1v) is 6.06. The largest absolute Gasteiger partial charge is 0.380 e. The van der Waals surface area contributed by atoms with Crippen molar-refractivity contribution in [3.05, 3.63) is 46.4 Å². The number of nitrogens with zero attached hydrogens (tertiary/aromatic N) is 1. The number of hydrogen-bond acceptors (Lipinski definition) is 3. The summed E-state index contributed by atoms with van der Waals surface area (Å²) in [4.78, 5) is 5.26. The molecular weight excluding hydrogens is 228 g/mol. The Morgan fingerprint density at radius 2 is 2.07 bits per heavy atom. The first kappa shape index (κ1) is 10.5. The molecule has 0 saturated heterocycles. The molecule has 1 aromatic carbocycles. The third-order valence-electron chi connectivity index (χ3n) is 2.06. The molecule has 1 heterocycles. The van der Waals surface area contributed by atoms with E-state index in [1.54, 1.807) is 11.3 Å². The highest BCUT2D eigenvalue weighted by Gasteiger charge is 1.95. The normalized spacial score (nSPS) is 10.2. The summed E-state index contributed by atoms with van der Waals surface area (Å²) in [5, 5.41) is 3.33. The lowest BCUT2D eigenvalue weighted by molar-refractivity contribution is 1.17. The van der Waals surface area contributed by atoms with E-state index >= 15 is 0 Å². The maximum atomic E-state index is 5.71. The van der Waals surface area contributed by atoms with Gasteiger partial charge in [-0.2, -0.15) is 0 Å². The third kappa shape index (κ3) is 2.94. The van der Waals surface area contributed by atoms with Gasteiger partial charge in [-0.25, -0.2) is 0 Å². The summed E-state index contributed by atoms with van der Waals surface area (Å²) in [6.07, 6.45) is 1.88. The topological polar surface area (TPSA) is 24.9 Å². The summed E-state index contributed by atoms with van der Waals surface area (Å²) < 4.78 is 0. The quantitative estimate of drug-likeness (QED) is 0.825. The zero-order valence-electron chi connectivity index (χ0n) is 8.11. The molecule has 0 radical (unpaired) electrons. The van der Waals surface area contributed by atoms with Crippen LogP contribution < -0.4 is 5.32 Å². The second kappa shape index (κ2) is 5.14. The van der Waals surface area contributed by atoms with E-state index in [0.717, 1.165) is 17.8 Å². The van der Waals surface area contributed by atoms with Crippen LogP contribution in [0.1, 0.15) is 10.4 Å². The van der Waals surface area contributed by atoms with E-state index in [2.05, 4.69) is 10.3 Å². The minimum Gasteiger partial charge on any atom is -0.380 e. The summed E-state index contributed by atoms with van der Waals surface area (Å²) >= 11 is 7.37. The molecular formula is C11H11ClN2S. The van der Waals surface area contributed by atoms with Crippen LogP contribution in [0.5, 0.6) is 0 Å². The molecule has 1 aromatic heterocycles. The monoisotopic (exact) mass is 238 g/mol. The molecule has 0 aliphatic heterocycles. The fraction of sp³-hybridized carbons (Fsp3) is 0.182. The van der Waals surface area contributed by atoms with Gasteiger partial charge in [0.2, 0.25) is 0 Å². The fourth-order valence-corrected chi connectivity index (χ4v) is 1.94. The van der Waals surface area contributed by atoms with Crippen LogP contribution in [-0.2, 0) is 12.4 Å². The van der Waals surface area contributed by atoms with Gasteiger partial charge in [-0.15, -0.1) is 22.9 Å². The lowest BCUT2D eigenvalue weighted by atomic mass is 10.2. The number of hydrogen-bond donors (Lipinski definition) is 1. The second-order valence-electron chi connectivity index (χ2n) is 3.15. The molecule has 0 bridgehead atoms. The Morgan fingerprint density at radius 1 is 1.27 bits per heavy atom. The molecule has 0 spiro atoms. The summed E-state index contributed by atoms with van der Waals surface area (Å²) in [5.74, 6) is 0.565. The van der Waals surface area contributed by atoms with Gasteiger partial charge in [0.1, 0.15) is 0 Å². The first-order chi connectivity index (χ1) is 7.38. The number of alkyl halides is 1. The maximum Gasteiger partial charge on any atom is 0.0794 e. The smallest absolute Gasteiger partial charge is 0.0794 e. The Kier molecular flexibility index (Phi) is 3.59. The van der Waals surface area contributed by atoms with Crippen molar-refractivity contribution in [1.82, 2.24) is 4.98 Å². The Balaban J connectivity index is 1.93. The van der Waals surface area contributed by atoms with Crippen molar-refractivity contribution in [3.63, 3.8) is 0 Å². The SMILES string of the molecule is ClCc1ccc(NCc2cncs2)cc1. The fourth-order valence-electron chi connectivity index (χ4n) is 1.23. The van der Waals surface area contributed by atoms with Crippen molar-refractivity contribution in [1.29, 1.82) is 0 Å². The van der Waals surface area contributed by atoms with Crippen molar-refractivity contribution >= 4 is 28.6 Å². The zero-order valence-corrected chi connectivity index (χ0v) is 9.68. The average molecular weight is 239 g/mol. The summed E-state index contributed by atoms with van der Waals surface area (Å²) in [5.41, 5.74) is 4.09. The molecule has 1 N–H and O–H groups in total. The molecule has 15 heavy (non-hydrogen) atoms. The van der Waals surface area contributed by atoms with Crippen LogP contribution in [0.3, 0.4) is 0 Å². The number of aromatic nitrogens is 1. The summed E-state index contributed by atoms with van der Waals surface area (Å²) in [6, 6.07) is 8.14. The van der Waals surface area contributed by atoms with Crippen molar-refractivity contribution in [3.8, 4) is 0 Å². The van der Waals surface area contributed by atoms with Gasteiger partial charge in [-0.3, -0.25) is 4.98 Å². The van der Waals surface area contributed by atoms with Gasteiger partial charge in [-0.05, 0) is 17.7 Å². The standard InChI is InChI=1S/C11H11ClN2S/c12-5-9-1-3-10(4-2-9)14-7-11-6-13-8-15-11/h1-4,6,8,14H,5,7H2. The second-order valence-corrected chi connectivity index (χ2v) is 4.39. The highest BCUT2D eigenvalue weighted by molar-refractivity contribution is 7.09. The molecule has 2 aromatic rings. The summed E-state index contributed by atoms with van der Waals surface area (Å²) in [6.45, 7) is 0.824. The van der Waals surface area contributed by atoms with Crippen molar-refractivity contribution < 1.29 is 0 Å². The van der Waals surface area contributed by atoms with Gasteiger partial charge in [0.25, 0.3) is 0 Å². The van der Waals surface area contributed by atoms with Gasteiger partial charge in [0, 0.05) is 22.6 Å². The Morgan fingerprint density at radius 3 is 2.67 bits per heavy atom. The molecule has 0 amide bonds. The van der Waals surface area contributed by atoms with Crippen LogP contribution in [0.2, 0.25) is 0 Å². The molecule has 0 unspecified atom stereocenters. The van der Waals surface area contributed by atoms with Crippen LogP contribution in [0.15, 0.2) is 36.0 Å². The maximum absolute atomic E-state index is 5.71. The minimum absolute atomic E-state index is 0.565. The van der Waals surface area contributed by atoms with Crippen LogP contribution in [0.25, 0.3) is 0 Å². The highest BCUT2D eigenvalue weighted by atomic mass is 35.5. The zero-order chi connectivity index (χ0) is 10.5. The van der Waals surface area contributed by atoms with E-state index in [-0.39, 0.29) is 0 Å². The Bertz CT molecular complexity index is 397. The van der Waals surface area contributed by atoms with Crippen LogP contribution >= 0.6 is 22.9 Å². The molecule has 0 fully saturated rings. The minimum atomic E-state index is 0.565. The molecule has 4 heteroatoms. The van der Waals surface area contributed by atoms with Gasteiger partial charge < -0.3 is 5.32 Å². The molecule has 0 atom stereocenters. The predicted octanol–water partition coefficient (Wildman–Crippen LogP) is 3.49. The molecule has 2 nitrogen and oxygen atoms in total. The Labute approximate surface area is 97.9 Å². The summed E-state index contributed by atoms with van der Waals surface area (Å²) in [7, 11) is 0. The molecule has 78 valence electrons. The van der Waals surface area contributed by atoms with Gasteiger partial charge >= 0.3 is 0 Å². The van der Waals surface area contributed by atoms with E-state index in [0.29, 0.717) is 5.88 Å². The number of rotatable bonds is 4.